The van der Waals surface area contributed by atoms with Crippen LogP contribution in [0.15, 0.2) is 24.8 Å². The predicted octanol–water partition coefficient (Wildman–Crippen LogP) is 5.09. The second-order valence-electron chi connectivity index (χ2n) is 6.47. The summed E-state index contributed by atoms with van der Waals surface area (Å²) in [6.07, 6.45) is 6.79. The minimum Gasteiger partial charge on any atom is -0.493 e. The number of hydrogen-bond donors (Lipinski definition) is 0. The van der Waals surface area contributed by atoms with Gasteiger partial charge in [0.1, 0.15) is 5.75 Å². The molecule has 0 unspecified atom stereocenters. The Morgan fingerprint density at radius 2 is 1.95 bits per heavy atom. The first kappa shape index (κ1) is 17.5. The minimum atomic E-state index is 0.00835. The van der Waals surface area contributed by atoms with E-state index in [1.807, 2.05) is 12.1 Å². The summed E-state index contributed by atoms with van der Waals surface area (Å²) in [6, 6.07) is 4.10. The molecule has 21 heavy (non-hydrogen) atoms. The van der Waals surface area contributed by atoms with Gasteiger partial charge in [-0.1, -0.05) is 52.7 Å². The second-order valence-corrected chi connectivity index (χ2v) is 6.47. The monoisotopic (exact) mass is 288 g/mol. The van der Waals surface area contributed by atoms with Gasteiger partial charge in [-0.15, -0.1) is 6.58 Å². The van der Waals surface area contributed by atoms with Gasteiger partial charge in [-0.05, 0) is 35.4 Å². The van der Waals surface area contributed by atoms with Crippen molar-refractivity contribution in [3.05, 3.63) is 41.5 Å². The van der Waals surface area contributed by atoms with Gasteiger partial charge in [-0.3, -0.25) is 4.79 Å². The maximum atomic E-state index is 11.4. The molecule has 0 heterocycles. The van der Waals surface area contributed by atoms with Crippen LogP contribution < -0.4 is 4.74 Å². The molecule has 0 atom stereocenters. The molecule has 0 radical (unpaired) electrons. The van der Waals surface area contributed by atoms with E-state index in [0.29, 0.717) is 18.6 Å². The van der Waals surface area contributed by atoms with Gasteiger partial charge < -0.3 is 4.74 Å². The topological polar surface area (TPSA) is 26.3 Å². The van der Waals surface area contributed by atoms with Crippen LogP contribution in [-0.2, 0) is 11.8 Å². The van der Waals surface area contributed by atoms with Crippen molar-refractivity contribution < 1.29 is 9.53 Å². The molecule has 2 heteroatoms. The van der Waals surface area contributed by atoms with E-state index >= 15 is 0 Å². The molecule has 116 valence electrons. The fourth-order valence-corrected chi connectivity index (χ4v) is 2.24. The van der Waals surface area contributed by atoms with Gasteiger partial charge in [0.2, 0.25) is 0 Å². The van der Waals surface area contributed by atoms with E-state index in [-0.39, 0.29) is 5.41 Å². The number of ether oxygens (including phenoxy) is 1. The zero-order valence-electron chi connectivity index (χ0n) is 13.9. The summed E-state index contributed by atoms with van der Waals surface area (Å²) in [7, 11) is 0. The van der Waals surface area contributed by atoms with E-state index in [0.717, 1.165) is 42.4 Å². The van der Waals surface area contributed by atoms with Crippen molar-refractivity contribution >= 4 is 6.29 Å². The standard InChI is InChI=1S/C19H28O2/c1-6-8-9-11-21-18-15(10-7-2)12-17(19(3,4)5)13-16(18)14-20/h7,12-14H,2,6,8-11H2,1,3-5H3. The molecule has 1 aromatic carbocycles. The number of hydrogen-bond acceptors (Lipinski definition) is 2. The van der Waals surface area contributed by atoms with E-state index in [1.54, 1.807) is 0 Å². The molecule has 0 bridgehead atoms. The van der Waals surface area contributed by atoms with Gasteiger partial charge in [0.15, 0.2) is 6.29 Å². The minimum absolute atomic E-state index is 0.00835. The van der Waals surface area contributed by atoms with Gasteiger partial charge in [0.25, 0.3) is 0 Å². The normalized spacial score (nSPS) is 11.2. The first-order chi connectivity index (χ1) is 9.93. The second kappa shape index (κ2) is 8.02. The Kier molecular flexibility index (Phi) is 6.67. The molecular formula is C19H28O2. The lowest BCUT2D eigenvalue weighted by atomic mass is 9.84. The van der Waals surface area contributed by atoms with Crippen LogP contribution in [0.2, 0.25) is 0 Å². The number of carbonyl (C=O) groups is 1. The number of benzene rings is 1. The Balaban J connectivity index is 3.13. The van der Waals surface area contributed by atoms with Crippen molar-refractivity contribution in [3.8, 4) is 5.75 Å². The summed E-state index contributed by atoms with van der Waals surface area (Å²) in [6.45, 7) is 13.1. The van der Waals surface area contributed by atoms with Crippen LogP contribution in [0.4, 0.5) is 0 Å². The summed E-state index contributed by atoms with van der Waals surface area (Å²) in [4.78, 5) is 11.4. The maximum absolute atomic E-state index is 11.4. The van der Waals surface area contributed by atoms with E-state index in [2.05, 4.69) is 40.3 Å². The molecule has 0 aliphatic carbocycles. The van der Waals surface area contributed by atoms with Crippen LogP contribution in [0, 0.1) is 0 Å². The maximum Gasteiger partial charge on any atom is 0.153 e. The van der Waals surface area contributed by atoms with Crippen molar-refractivity contribution in [1.29, 1.82) is 0 Å². The summed E-state index contributed by atoms with van der Waals surface area (Å²) in [5, 5.41) is 0. The molecule has 2 nitrogen and oxygen atoms in total. The van der Waals surface area contributed by atoms with Crippen LogP contribution in [0.25, 0.3) is 0 Å². The number of carbonyl (C=O) groups excluding carboxylic acids is 1. The van der Waals surface area contributed by atoms with Crippen molar-refractivity contribution in [1.82, 2.24) is 0 Å². The molecule has 0 amide bonds. The third-order valence-electron chi connectivity index (χ3n) is 3.55. The van der Waals surface area contributed by atoms with Gasteiger partial charge in [0, 0.05) is 0 Å². The van der Waals surface area contributed by atoms with E-state index in [4.69, 9.17) is 4.74 Å². The van der Waals surface area contributed by atoms with Gasteiger partial charge >= 0.3 is 0 Å². The van der Waals surface area contributed by atoms with Crippen LogP contribution in [0.5, 0.6) is 5.75 Å². The fraction of sp³-hybridized carbons (Fsp3) is 0.526. The highest BCUT2D eigenvalue weighted by molar-refractivity contribution is 5.81. The van der Waals surface area contributed by atoms with Crippen molar-refractivity contribution in [2.75, 3.05) is 6.61 Å². The summed E-state index contributed by atoms with van der Waals surface area (Å²) < 4.78 is 5.90. The molecule has 0 N–H and O–H groups in total. The van der Waals surface area contributed by atoms with E-state index < -0.39 is 0 Å². The highest BCUT2D eigenvalue weighted by Crippen LogP contribution is 2.31. The van der Waals surface area contributed by atoms with Crippen molar-refractivity contribution in [2.45, 2.75) is 58.8 Å². The molecule has 0 saturated carbocycles. The van der Waals surface area contributed by atoms with E-state index in [1.165, 1.54) is 0 Å². The van der Waals surface area contributed by atoms with Gasteiger partial charge in [-0.25, -0.2) is 0 Å². The molecule has 0 aromatic heterocycles. The van der Waals surface area contributed by atoms with Crippen LogP contribution in [-0.4, -0.2) is 12.9 Å². The fourth-order valence-electron chi connectivity index (χ4n) is 2.24. The van der Waals surface area contributed by atoms with Crippen LogP contribution in [0.1, 0.15) is 68.4 Å². The highest BCUT2D eigenvalue weighted by atomic mass is 16.5. The van der Waals surface area contributed by atoms with Gasteiger partial charge in [0.05, 0.1) is 12.2 Å². The quantitative estimate of drug-likeness (QED) is 0.378. The molecule has 0 aliphatic rings. The largest absolute Gasteiger partial charge is 0.493 e. The van der Waals surface area contributed by atoms with Crippen molar-refractivity contribution in [3.63, 3.8) is 0 Å². The Hall–Kier alpha value is -1.57. The summed E-state index contributed by atoms with van der Waals surface area (Å²) in [5.41, 5.74) is 2.86. The lowest BCUT2D eigenvalue weighted by molar-refractivity contribution is 0.111. The van der Waals surface area contributed by atoms with Gasteiger partial charge in [-0.2, -0.15) is 0 Å². The zero-order chi connectivity index (χ0) is 15.9. The summed E-state index contributed by atoms with van der Waals surface area (Å²) in [5.74, 6) is 0.731. The first-order valence-electron chi connectivity index (χ1n) is 7.80. The van der Waals surface area contributed by atoms with Crippen LogP contribution in [0.3, 0.4) is 0 Å². The number of allylic oxidation sites excluding steroid dienone is 1. The first-order valence-corrected chi connectivity index (χ1v) is 7.80. The third kappa shape index (κ3) is 5.04. The average Bonchev–Trinajstić information content (AvgIpc) is 2.43. The predicted molar refractivity (Wildman–Crippen MR) is 89.5 cm³/mol. The Labute approximate surface area is 129 Å². The Bertz CT molecular complexity index is 481. The Morgan fingerprint density at radius 1 is 1.24 bits per heavy atom. The molecular weight excluding hydrogens is 260 g/mol. The smallest absolute Gasteiger partial charge is 0.153 e. The molecule has 0 aliphatic heterocycles. The van der Waals surface area contributed by atoms with E-state index in [9.17, 15) is 4.79 Å². The number of aldehydes is 1. The van der Waals surface area contributed by atoms with Crippen LogP contribution >= 0.6 is 0 Å². The molecule has 1 aromatic rings. The molecule has 0 spiro atoms. The lowest BCUT2D eigenvalue weighted by Crippen LogP contribution is -2.13. The lowest BCUT2D eigenvalue weighted by Gasteiger charge is -2.22. The summed E-state index contributed by atoms with van der Waals surface area (Å²) >= 11 is 0. The SMILES string of the molecule is C=CCc1cc(C(C)(C)C)cc(C=O)c1OCCCCC. The zero-order valence-corrected chi connectivity index (χ0v) is 13.9. The number of rotatable bonds is 8. The average molecular weight is 288 g/mol. The molecule has 0 fully saturated rings. The van der Waals surface area contributed by atoms with Crippen molar-refractivity contribution in [2.24, 2.45) is 0 Å². The third-order valence-corrected chi connectivity index (χ3v) is 3.55. The Morgan fingerprint density at radius 3 is 2.48 bits per heavy atom. The molecule has 0 saturated heterocycles. The molecule has 1 rings (SSSR count). The number of unbranched alkanes of at least 4 members (excludes halogenated alkanes) is 2. The highest BCUT2D eigenvalue weighted by Gasteiger charge is 2.19.